The van der Waals surface area contributed by atoms with Crippen LogP contribution in [0.4, 0.5) is 13.2 Å². The monoisotopic (exact) mass is 475 g/mol. The van der Waals surface area contributed by atoms with Gasteiger partial charge in [-0.1, -0.05) is 6.07 Å². The summed E-state index contributed by atoms with van der Waals surface area (Å²) in [5.41, 5.74) is 0.903. The van der Waals surface area contributed by atoms with E-state index in [4.69, 9.17) is 9.47 Å². The van der Waals surface area contributed by atoms with Crippen molar-refractivity contribution in [3.8, 4) is 11.5 Å². The van der Waals surface area contributed by atoms with Crippen molar-refractivity contribution in [1.82, 2.24) is 5.32 Å². The Morgan fingerprint density at radius 3 is 2.50 bits per heavy atom. The van der Waals surface area contributed by atoms with Crippen molar-refractivity contribution in [1.29, 1.82) is 0 Å². The maximum absolute atomic E-state index is 13.0. The fourth-order valence-electron chi connectivity index (χ4n) is 3.21. The van der Waals surface area contributed by atoms with Crippen molar-refractivity contribution >= 4 is 22.6 Å². The fraction of sp³-hybridized carbons (Fsp3) is 0.368. The molecule has 0 spiro atoms. The smallest absolute Gasteiger partial charge is 0.416 e. The summed E-state index contributed by atoms with van der Waals surface area (Å²) < 4.78 is 52.2. The van der Waals surface area contributed by atoms with Gasteiger partial charge in [-0.25, -0.2) is 0 Å². The summed E-state index contributed by atoms with van der Waals surface area (Å²) >= 11 is 2.20. The second-order valence-electron chi connectivity index (χ2n) is 6.55. The van der Waals surface area contributed by atoms with E-state index in [1.54, 1.807) is 6.07 Å². The molecule has 1 fully saturated rings. The number of alkyl halides is 3. The molecule has 1 aliphatic heterocycles. The van der Waals surface area contributed by atoms with Crippen LogP contribution in [0.2, 0.25) is 0 Å². The number of hydrogen-bond acceptors (Lipinski definition) is 3. The molecule has 1 atom stereocenters. The lowest BCUT2D eigenvalue weighted by molar-refractivity contribution is -0.137. The third-order valence-corrected chi connectivity index (χ3v) is 5.38. The molecule has 1 heterocycles. The molecule has 7 heteroatoms. The molecule has 1 aliphatic carbocycles. The zero-order valence-corrected chi connectivity index (χ0v) is 15.9. The van der Waals surface area contributed by atoms with E-state index in [1.165, 1.54) is 6.07 Å². The highest BCUT2D eigenvalue weighted by molar-refractivity contribution is 14.1. The second-order valence-corrected chi connectivity index (χ2v) is 7.79. The van der Waals surface area contributed by atoms with Crippen LogP contribution in [0.25, 0.3) is 0 Å². The summed E-state index contributed by atoms with van der Waals surface area (Å²) in [5, 5.41) is 3.15. The number of rotatable bonds is 4. The highest BCUT2D eigenvalue weighted by Gasteiger charge is 2.34. The van der Waals surface area contributed by atoms with Gasteiger partial charge in [0.05, 0.1) is 5.56 Å². The van der Waals surface area contributed by atoms with E-state index in [9.17, 15) is 13.2 Å². The quantitative estimate of drug-likeness (QED) is 0.650. The van der Waals surface area contributed by atoms with Crippen molar-refractivity contribution in [2.45, 2.75) is 31.2 Å². The van der Waals surface area contributed by atoms with Crippen molar-refractivity contribution in [2.75, 3.05) is 13.1 Å². The first-order valence-electron chi connectivity index (χ1n) is 8.44. The Kier molecular flexibility index (Phi) is 4.77. The predicted octanol–water partition coefficient (Wildman–Crippen LogP) is 4.73. The first-order valence-corrected chi connectivity index (χ1v) is 9.51. The lowest BCUT2D eigenvalue weighted by atomic mass is 10.1. The van der Waals surface area contributed by atoms with Crippen molar-refractivity contribution in [3.63, 3.8) is 0 Å². The van der Waals surface area contributed by atoms with Gasteiger partial charge in [-0.2, -0.15) is 13.2 Å². The van der Waals surface area contributed by atoms with E-state index in [0.717, 1.165) is 28.3 Å². The number of ether oxygens (including phenoxy) is 2. The van der Waals surface area contributed by atoms with Crippen LogP contribution in [0.1, 0.15) is 29.2 Å². The molecule has 1 N–H and O–H groups in total. The van der Waals surface area contributed by atoms with Crippen LogP contribution in [0.3, 0.4) is 0 Å². The Morgan fingerprint density at radius 2 is 1.81 bits per heavy atom. The van der Waals surface area contributed by atoms with E-state index in [-0.39, 0.29) is 6.10 Å². The van der Waals surface area contributed by atoms with Gasteiger partial charge in [0, 0.05) is 16.7 Å². The number of aryl methyl sites for hydroxylation is 1. The maximum atomic E-state index is 13.0. The van der Waals surface area contributed by atoms with Crippen LogP contribution in [-0.2, 0) is 12.6 Å². The minimum Gasteiger partial charge on any atom is -0.484 e. The van der Waals surface area contributed by atoms with Crippen molar-refractivity contribution in [2.24, 2.45) is 0 Å². The largest absolute Gasteiger partial charge is 0.484 e. The van der Waals surface area contributed by atoms with Crippen LogP contribution >= 0.6 is 22.6 Å². The number of halogens is 4. The first-order chi connectivity index (χ1) is 12.4. The van der Waals surface area contributed by atoms with Crippen LogP contribution in [0.15, 0.2) is 36.4 Å². The third-order valence-electron chi connectivity index (χ3n) is 4.71. The second kappa shape index (κ2) is 6.92. The zero-order chi connectivity index (χ0) is 18.3. The Labute approximate surface area is 163 Å². The van der Waals surface area contributed by atoms with Gasteiger partial charge in [-0.3, -0.25) is 0 Å². The zero-order valence-electron chi connectivity index (χ0n) is 13.8. The van der Waals surface area contributed by atoms with E-state index in [1.807, 2.05) is 18.2 Å². The van der Waals surface area contributed by atoms with Crippen LogP contribution < -0.4 is 14.8 Å². The number of hydrogen-bond donors (Lipinski definition) is 1. The van der Waals surface area contributed by atoms with E-state index in [0.29, 0.717) is 29.9 Å². The van der Waals surface area contributed by atoms with Gasteiger partial charge < -0.3 is 14.8 Å². The Hall–Kier alpha value is -1.48. The molecule has 3 nitrogen and oxygen atoms in total. The molecule has 2 aliphatic rings. The Bertz CT molecular complexity index is 821. The minimum absolute atomic E-state index is 0.100. The lowest BCUT2D eigenvalue weighted by Gasteiger charge is -2.29. The van der Waals surface area contributed by atoms with Gasteiger partial charge in [0.2, 0.25) is 0 Å². The summed E-state index contributed by atoms with van der Waals surface area (Å²) in [6, 6.07) is 9.56. The van der Waals surface area contributed by atoms with Crippen molar-refractivity contribution in [3.05, 3.63) is 56.7 Å². The normalized spacial score (nSPS) is 19.8. The molecule has 0 amide bonds. The van der Waals surface area contributed by atoms with Crippen LogP contribution in [-0.4, -0.2) is 19.2 Å². The molecule has 1 unspecified atom stereocenters. The lowest BCUT2D eigenvalue weighted by Crippen LogP contribution is -2.50. The molecule has 4 rings (SSSR count). The molecule has 2 aromatic rings. The minimum atomic E-state index is -4.35. The molecular formula is C19H17F3INO2. The first kappa shape index (κ1) is 17.9. The predicted molar refractivity (Wildman–Crippen MR) is 99.6 cm³/mol. The number of nitrogens with one attached hydrogen (secondary N) is 1. The van der Waals surface area contributed by atoms with Gasteiger partial charge in [0.1, 0.15) is 12.2 Å². The number of fused-ring (bicyclic) bond motifs is 1. The molecular weight excluding hydrogens is 458 g/mol. The standard InChI is InChI=1S/C19H17F3INO2/c20-19(21,22)12-3-1-11-2-5-16(15(11)7-12)26-17-6-4-13(23)8-18(17)25-14-9-24-10-14/h1,3-4,6-8,14,16,24H,2,5,9-10H2. The molecule has 0 radical (unpaired) electrons. The Balaban J connectivity index is 1.60. The fourth-order valence-corrected chi connectivity index (χ4v) is 3.68. The summed E-state index contributed by atoms with van der Waals surface area (Å²) in [6.45, 7) is 1.57. The topological polar surface area (TPSA) is 30.5 Å². The molecule has 0 bridgehead atoms. The summed E-state index contributed by atoms with van der Waals surface area (Å²) in [7, 11) is 0. The van der Waals surface area contributed by atoms with Crippen LogP contribution in [0.5, 0.6) is 11.5 Å². The summed E-state index contributed by atoms with van der Waals surface area (Å²) in [5.74, 6) is 1.22. The van der Waals surface area contributed by atoms with Gasteiger partial charge in [-0.05, 0) is 76.9 Å². The van der Waals surface area contributed by atoms with Gasteiger partial charge in [0.25, 0.3) is 0 Å². The van der Waals surface area contributed by atoms with Gasteiger partial charge in [0.15, 0.2) is 11.5 Å². The van der Waals surface area contributed by atoms with E-state index < -0.39 is 17.8 Å². The highest BCUT2D eigenvalue weighted by Crippen LogP contribution is 2.41. The summed E-state index contributed by atoms with van der Waals surface area (Å²) in [4.78, 5) is 0. The molecule has 138 valence electrons. The number of benzene rings is 2. The Morgan fingerprint density at radius 1 is 1.00 bits per heavy atom. The average Bonchev–Trinajstić information content (AvgIpc) is 2.95. The van der Waals surface area contributed by atoms with E-state index >= 15 is 0 Å². The van der Waals surface area contributed by atoms with Gasteiger partial charge in [-0.15, -0.1) is 0 Å². The third kappa shape index (κ3) is 3.64. The molecule has 0 saturated carbocycles. The molecule has 1 saturated heterocycles. The van der Waals surface area contributed by atoms with Crippen molar-refractivity contribution < 1.29 is 22.6 Å². The molecule has 0 aromatic heterocycles. The van der Waals surface area contributed by atoms with Gasteiger partial charge >= 0.3 is 6.18 Å². The molecule has 2 aromatic carbocycles. The SMILES string of the molecule is FC(F)(F)c1ccc2c(c1)C(Oc1ccc(I)cc1OC1CNC1)CC2. The average molecular weight is 475 g/mol. The highest BCUT2D eigenvalue weighted by atomic mass is 127. The van der Waals surface area contributed by atoms with Crippen LogP contribution in [0, 0.1) is 3.57 Å². The molecule has 26 heavy (non-hydrogen) atoms. The van der Waals surface area contributed by atoms with E-state index in [2.05, 4.69) is 27.9 Å². The summed E-state index contributed by atoms with van der Waals surface area (Å²) in [6.07, 6.45) is -3.27. The maximum Gasteiger partial charge on any atom is 0.416 e.